The maximum atomic E-state index is 13.5. The summed E-state index contributed by atoms with van der Waals surface area (Å²) in [7, 11) is 0. The highest BCUT2D eigenvalue weighted by molar-refractivity contribution is 14.1. The number of rotatable bonds is 3. The summed E-state index contributed by atoms with van der Waals surface area (Å²) in [6.07, 6.45) is 2.28. The van der Waals surface area contributed by atoms with Gasteiger partial charge in [-0.3, -0.25) is 9.48 Å². The van der Waals surface area contributed by atoms with Crippen LogP contribution in [0.3, 0.4) is 0 Å². The lowest BCUT2D eigenvalue weighted by Crippen LogP contribution is -2.35. The lowest BCUT2D eigenvalue weighted by atomic mass is 9.70. The van der Waals surface area contributed by atoms with Crippen LogP contribution in [0.25, 0.3) is 5.69 Å². The first kappa shape index (κ1) is 17.7. The second-order valence-corrected chi connectivity index (χ2v) is 9.39. The lowest BCUT2D eigenvalue weighted by molar-refractivity contribution is 0.216. The molecule has 5 heteroatoms. The lowest BCUT2D eigenvalue weighted by Gasteiger charge is -2.36. The van der Waals surface area contributed by atoms with Crippen molar-refractivity contribution >= 4 is 34.2 Å². The minimum atomic E-state index is 0.0675. The third-order valence-corrected chi connectivity index (χ3v) is 8.01. The van der Waals surface area contributed by atoms with Crippen LogP contribution in [0.4, 0.5) is 0 Å². The van der Waals surface area contributed by atoms with Crippen LogP contribution in [-0.4, -0.2) is 9.36 Å². The summed E-state index contributed by atoms with van der Waals surface area (Å²) in [6.45, 7) is 9.93. The Morgan fingerprint density at radius 1 is 1.28 bits per heavy atom. The number of alkyl halides is 1. The first-order valence-corrected chi connectivity index (χ1v) is 10.9. The Kier molecular flexibility index (Phi) is 3.97. The SMILES string of the molecule is CCn1c2c(c(=O)n1-c1cc(Cl)cc(CI)c1)[C@H]1CC[C@]2(C)C1(C)C. The Balaban J connectivity index is 2.03. The fraction of sp³-hybridized carbons (Fsp3) is 0.550. The minimum absolute atomic E-state index is 0.0675. The number of halogens is 2. The topological polar surface area (TPSA) is 26.9 Å². The third kappa shape index (κ3) is 2.13. The van der Waals surface area contributed by atoms with E-state index in [1.165, 1.54) is 5.69 Å². The minimum Gasteiger partial charge on any atom is -0.281 e. The normalized spacial score (nSPS) is 26.2. The molecule has 0 radical (unpaired) electrons. The molecule has 3 nitrogen and oxygen atoms in total. The molecule has 1 heterocycles. The van der Waals surface area contributed by atoms with E-state index in [9.17, 15) is 4.79 Å². The molecule has 2 bridgehead atoms. The van der Waals surface area contributed by atoms with Gasteiger partial charge in [0, 0.05) is 27.0 Å². The molecule has 2 aromatic rings. The van der Waals surface area contributed by atoms with Crippen LogP contribution in [-0.2, 0) is 16.4 Å². The van der Waals surface area contributed by atoms with Gasteiger partial charge in [-0.15, -0.1) is 0 Å². The monoisotopic (exact) mass is 470 g/mol. The summed E-state index contributed by atoms with van der Waals surface area (Å²) in [5.41, 5.74) is 4.72. The quantitative estimate of drug-likeness (QED) is 0.434. The molecule has 0 spiro atoms. The molecule has 25 heavy (non-hydrogen) atoms. The molecule has 134 valence electrons. The third-order valence-electron chi connectivity index (χ3n) is 6.92. The van der Waals surface area contributed by atoms with E-state index in [0.717, 1.165) is 40.6 Å². The smallest absolute Gasteiger partial charge is 0.275 e. The van der Waals surface area contributed by atoms with Gasteiger partial charge in [0.05, 0.1) is 11.4 Å². The van der Waals surface area contributed by atoms with Crippen LogP contribution in [0.1, 0.15) is 63.3 Å². The van der Waals surface area contributed by atoms with Crippen LogP contribution in [0, 0.1) is 5.41 Å². The van der Waals surface area contributed by atoms with Crippen LogP contribution in [0.15, 0.2) is 23.0 Å². The molecule has 1 saturated carbocycles. The summed E-state index contributed by atoms with van der Waals surface area (Å²) < 4.78 is 4.96. The molecule has 0 unspecified atom stereocenters. The van der Waals surface area contributed by atoms with E-state index in [0.29, 0.717) is 10.9 Å². The fourth-order valence-electron chi connectivity index (χ4n) is 5.28. The standard InChI is InChI=1S/C20H24ClIN2O/c1-5-23-17-16(15-6-7-20(17,4)19(15,2)3)18(25)24(23)14-9-12(11-22)8-13(21)10-14/h8-10,15H,5-7,11H2,1-4H3/t15-,20+/m1/s1. The molecular weight excluding hydrogens is 447 g/mol. The van der Waals surface area contributed by atoms with Crippen molar-refractivity contribution in [2.24, 2.45) is 5.41 Å². The second-order valence-electron chi connectivity index (χ2n) is 8.19. The van der Waals surface area contributed by atoms with E-state index in [-0.39, 0.29) is 16.4 Å². The van der Waals surface area contributed by atoms with E-state index in [4.69, 9.17) is 11.6 Å². The number of hydrogen-bond donors (Lipinski definition) is 0. The zero-order chi connectivity index (χ0) is 18.1. The molecule has 1 fully saturated rings. The van der Waals surface area contributed by atoms with E-state index in [1.54, 1.807) is 0 Å². The van der Waals surface area contributed by atoms with Crippen molar-refractivity contribution in [2.45, 2.75) is 62.8 Å². The highest BCUT2D eigenvalue weighted by Crippen LogP contribution is 2.67. The average molecular weight is 471 g/mol. The summed E-state index contributed by atoms with van der Waals surface area (Å²) in [5.74, 6) is 0.363. The zero-order valence-electron chi connectivity index (χ0n) is 15.2. The molecule has 2 aliphatic rings. The van der Waals surface area contributed by atoms with Gasteiger partial charge < -0.3 is 0 Å². The number of aromatic nitrogens is 2. The Hall–Kier alpha value is -0.750. The van der Waals surface area contributed by atoms with E-state index in [2.05, 4.69) is 61.0 Å². The van der Waals surface area contributed by atoms with Crippen LogP contribution >= 0.6 is 34.2 Å². The van der Waals surface area contributed by atoms with Gasteiger partial charge in [-0.1, -0.05) is 55.0 Å². The Bertz CT molecular complexity index is 927. The van der Waals surface area contributed by atoms with E-state index >= 15 is 0 Å². The van der Waals surface area contributed by atoms with E-state index < -0.39 is 0 Å². The van der Waals surface area contributed by atoms with Gasteiger partial charge in [-0.2, -0.15) is 0 Å². The van der Waals surface area contributed by atoms with Crippen molar-refractivity contribution in [3.05, 3.63) is 50.4 Å². The molecule has 0 aliphatic heterocycles. The molecular formula is C20H24ClIN2O. The van der Waals surface area contributed by atoms with E-state index in [1.807, 2.05) is 16.8 Å². The van der Waals surface area contributed by atoms with Crippen LogP contribution < -0.4 is 5.56 Å². The van der Waals surface area contributed by atoms with Crippen molar-refractivity contribution in [2.75, 3.05) is 0 Å². The summed E-state index contributed by atoms with van der Waals surface area (Å²) in [6, 6.07) is 5.98. The number of nitrogens with zero attached hydrogens (tertiary/aromatic N) is 2. The molecule has 2 aliphatic carbocycles. The molecule has 0 saturated heterocycles. The number of fused-ring (bicyclic) bond motifs is 5. The first-order valence-electron chi connectivity index (χ1n) is 8.98. The van der Waals surface area contributed by atoms with Gasteiger partial charge in [-0.25, -0.2) is 4.68 Å². The van der Waals surface area contributed by atoms with Crippen molar-refractivity contribution in [1.29, 1.82) is 0 Å². The molecule has 1 aromatic heterocycles. The maximum absolute atomic E-state index is 13.5. The summed E-state index contributed by atoms with van der Waals surface area (Å²) in [5, 5.41) is 0.689. The van der Waals surface area contributed by atoms with Crippen molar-refractivity contribution in [3.8, 4) is 5.69 Å². The summed E-state index contributed by atoms with van der Waals surface area (Å²) in [4.78, 5) is 13.5. The van der Waals surface area contributed by atoms with Gasteiger partial charge in [0.1, 0.15) is 0 Å². The Morgan fingerprint density at radius 2 is 2.00 bits per heavy atom. The van der Waals surface area contributed by atoms with Gasteiger partial charge in [0.25, 0.3) is 5.56 Å². The molecule has 0 amide bonds. The maximum Gasteiger partial charge on any atom is 0.275 e. The summed E-state index contributed by atoms with van der Waals surface area (Å²) >= 11 is 8.67. The molecule has 0 N–H and O–H groups in total. The first-order chi connectivity index (χ1) is 11.8. The number of hydrogen-bond acceptors (Lipinski definition) is 1. The van der Waals surface area contributed by atoms with Gasteiger partial charge in [0.2, 0.25) is 0 Å². The van der Waals surface area contributed by atoms with Crippen molar-refractivity contribution in [1.82, 2.24) is 9.36 Å². The number of benzene rings is 1. The fourth-order valence-corrected chi connectivity index (χ4v) is 5.97. The van der Waals surface area contributed by atoms with Gasteiger partial charge in [-0.05, 0) is 54.9 Å². The molecule has 2 atom stereocenters. The molecule has 4 rings (SSSR count). The van der Waals surface area contributed by atoms with Crippen molar-refractivity contribution < 1.29 is 0 Å². The Labute approximate surface area is 167 Å². The predicted molar refractivity (Wildman–Crippen MR) is 112 cm³/mol. The van der Waals surface area contributed by atoms with Crippen LogP contribution in [0.5, 0.6) is 0 Å². The largest absolute Gasteiger partial charge is 0.281 e. The molecule has 1 aromatic carbocycles. The highest BCUT2D eigenvalue weighted by Gasteiger charge is 2.62. The average Bonchev–Trinajstić information content (AvgIpc) is 3.05. The highest BCUT2D eigenvalue weighted by atomic mass is 127. The van der Waals surface area contributed by atoms with Crippen molar-refractivity contribution in [3.63, 3.8) is 0 Å². The predicted octanol–water partition coefficient (Wildman–Crippen LogP) is 5.42. The van der Waals surface area contributed by atoms with Crippen LogP contribution in [0.2, 0.25) is 5.02 Å². The second kappa shape index (κ2) is 5.62. The van der Waals surface area contributed by atoms with Gasteiger partial charge >= 0.3 is 0 Å². The van der Waals surface area contributed by atoms with Gasteiger partial charge in [0.15, 0.2) is 0 Å². The zero-order valence-corrected chi connectivity index (χ0v) is 18.1. The Morgan fingerprint density at radius 3 is 2.64 bits per heavy atom.